The van der Waals surface area contributed by atoms with Crippen LogP contribution >= 0.6 is 11.8 Å². The van der Waals surface area contributed by atoms with Gasteiger partial charge in [-0.05, 0) is 72.3 Å². The molecule has 4 fully saturated rings. The first-order valence-electron chi connectivity index (χ1n) is 8.41. The van der Waals surface area contributed by atoms with Gasteiger partial charge in [-0.3, -0.25) is 4.79 Å². The molecule has 0 aliphatic heterocycles. The average molecular weight is 315 g/mol. The number of benzene rings is 1. The molecule has 2 atom stereocenters. The highest BCUT2D eigenvalue weighted by atomic mass is 32.2. The quantitative estimate of drug-likeness (QED) is 0.922. The molecule has 4 aliphatic carbocycles. The van der Waals surface area contributed by atoms with Gasteiger partial charge >= 0.3 is 0 Å². The summed E-state index contributed by atoms with van der Waals surface area (Å²) in [5.41, 5.74) is 8.01. The van der Waals surface area contributed by atoms with Gasteiger partial charge in [-0.1, -0.05) is 30.3 Å². The summed E-state index contributed by atoms with van der Waals surface area (Å²) in [5.74, 6) is 2.33. The van der Waals surface area contributed by atoms with Gasteiger partial charge in [0.1, 0.15) is 0 Å². The van der Waals surface area contributed by atoms with Crippen LogP contribution in [0.3, 0.4) is 0 Å². The molecule has 0 spiro atoms. The molecule has 0 aromatic heterocycles. The zero-order chi connectivity index (χ0) is 15.4. The SMILES string of the molecule is CSCC12CC3CC(c4ccccc4)(CC(C1)C3C(N)=O)C2. The molecule has 3 heteroatoms. The lowest BCUT2D eigenvalue weighted by atomic mass is 9.40. The first-order chi connectivity index (χ1) is 10.6. The van der Waals surface area contributed by atoms with E-state index in [1.807, 2.05) is 11.8 Å². The molecule has 4 saturated carbocycles. The summed E-state index contributed by atoms with van der Waals surface area (Å²) in [5, 5.41) is 0. The molecule has 0 radical (unpaired) electrons. The predicted molar refractivity (Wildman–Crippen MR) is 91.7 cm³/mol. The highest BCUT2D eigenvalue weighted by Crippen LogP contribution is 2.67. The van der Waals surface area contributed by atoms with Crippen molar-refractivity contribution in [3.05, 3.63) is 35.9 Å². The van der Waals surface area contributed by atoms with Crippen LogP contribution in [0, 0.1) is 23.2 Å². The number of nitrogens with two attached hydrogens (primary N) is 1. The average Bonchev–Trinajstić information content (AvgIpc) is 2.46. The molecule has 2 unspecified atom stereocenters. The highest BCUT2D eigenvalue weighted by Gasteiger charge is 2.62. The lowest BCUT2D eigenvalue weighted by molar-refractivity contribution is -0.144. The van der Waals surface area contributed by atoms with Crippen molar-refractivity contribution < 1.29 is 4.79 Å². The third-order valence-electron chi connectivity index (χ3n) is 6.59. The summed E-state index contributed by atoms with van der Waals surface area (Å²) in [6.45, 7) is 0. The Bertz CT molecular complexity index is 568. The van der Waals surface area contributed by atoms with Crippen LogP contribution in [0.15, 0.2) is 30.3 Å². The zero-order valence-electron chi connectivity index (χ0n) is 13.3. The molecule has 1 aromatic carbocycles. The number of hydrogen-bond donors (Lipinski definition) is 1. The summed E-state index contributed by atoms with van der Waals surface area (Å²) in [6.07, 6.45) is 8.29. The van der Waals surface area contributed by atoms with Crippen molar-refractivity contribution in [1.82, 2.24) is 0 Å². The van der Waals surface area contributed by atoms with Crippen LogP contribution in [0.1, 0.15) is 37.7 Å². The standard InChI is InChI=1S/C19H25NOS/c1-22-12-18-7-13-9-19(11-18,15-5-3-2-4-6-15)10-14(8-18)16(13)17(20)21/h2-6,13-14,16H,7-12H2,1H3,(H2,20,21). The third-order valence-corrected chi connectivity index (χ3v) is 7.49. The third kappa shape index (κ3) is 2.05. The topological polar surface area (TPSA) is 43.1 Å². The molecule has 1 amide bonds. The van der Waals surface area contributed by atoms with E-state index in [1.54, 1.807) is 0 Å². The van der Waals surface area contributed by atoms with E-state index in [2.05, 4.69) is 36.6 Å². The van der Waals surface area contributed by atoms with Crippen molar-refractivity contribution in [2.24, 2.45) is 28.9 Å². The van der Waals surface area contributed by atoms with Crippen molar-refractivity contribution in [3.63, 3.8) is 0 Å². The molecule has 1 aromatic rings. The maximum Gasteiger partial charge on any atom is 0.221 e. The molecule has 118 valence electrons. The second-order valence-electron chi connectivity index (χ2n) is 8.02. The van der Waals surface area contributed by atoms with Gasteiger partial charge < -0.3 is 5.73 Å². The molecule has 0 heterocycles. The fourth-order valence-electron chi connectivity index (χ4n) is 6.40. The fraction of sp³-hybridized carbons (Fsp3) is 0.632. The minimum Gasteiger partial charge on any atom is -0.369 e. The van der Waals surface area contributed by atoms with E-state index in [-0.39, 0.29) is 11.8 Å². The van der Waals surface area contributed by atoms with Gasteiger partial charge in [0.25, 0.3) is 0 Å². The maximum absolute atomic E-state index is 12.0. The smallest absolute Gasteiger partial charge is 0.221 e. The minimum atomic E-state index is -0.0451. The molecule has 4 aliphatic rings. The maximum atomic E-state index is 12.0. The zero-order valence-corrected chi connectivity index (χ0v) is 14.1. The lowest BCUT2D eigenvalue weighted by Gasteiger charge is -2.64. The lowest BCUT2D eigenvalue weighted by Crippen LogP contribution is -2.60. The first kappa shape index (κ1) is 14.6. The molecule has 22 heavy (non-hydrogen) atoms. The van der Waals surface area contributed by atoms with E-state index in [0.29, 0.717) is 22.7 Å². The number of carbonyl (C=O) groups is 1. The van der Waals surface area contributed by atoms with E-state index in [9.17, 15) is 4.79 Å². The van der Waals surface area contributed by atoms with E-state index in [4.69, 9.17) is 5.73 Å². The van der Waals surface area contributed by atoms with Crippen LogP contribution in [0.2, 0.25) is 0 Å². The number of rotatable bonds is 4. The Morgan fingerprint density at radius 1 is 1.18 bits per heavy atom. The van der Waals surface area contributed by atoms with Gasteiger partial charge in [0.05, 0.1) is 0 Å². The van der Waals surface area contributed by atoms with Crippen molar-refractivity contribution in [3.8, 4) is 0 Å². The summed E-state index contributed by atoms with van der Waals surface area (Å²) >= 11 is 1.98. The Kier molecular flexibility index (Phi) is 3.34. The van der Waals surface area contributed by atoms with Crippen molar-refractivity contribution in [2.45, 2.75) is 37.5 Å². The summed E-state index contributed by atoms with van der Waals surface area (Å²) in [4.78, 5) is 12.0. The van der Waals surface area contributed by atoms with Crippen LogP contribution in [0.4, 0.5) is 0 Å². The van der Waals surface area contributed by atoms with Gasteiger partial charge in [-0.15, -0.1) is 0 Å². The summed E-state index contributed by atoms with van der Waals surface area (Å²) < 4.78 is 0. The first-order valence-corrected chi connectivity index (χ1v) is 9.81. The van der Waals surface area contributed by atoms with E-state index < -0.39 is 0 Å². The Hall–Kier alpha value is -0.960. The van der Waals surface area contributed by atoms with Crippen molar-refractivity contribution >= 4 is 17.7 Å². The van der Waals surface area contributed by atoms with Crippen LogP contribution in [0.25, 0.3) is 0 Å². The number of primary amides is 1. The van der Waals surface area contributed by atoms with Gasteiger partial charge in [0.15, 0.2) is 0 Å². The van der Waals surface area contributed by atoms with E-state index in [1.165, 1.54) is 30.6 Å². The highest BCUT2D eigenvalue weighted by molar-refractivity contribution is 7.98. The number of amides is 1. The minimum absolute atomic E-state index is 0.0451. The normalized spacial score (nSPS) is 42.5. The largest absolute Gasteiger partial charge is 0.369 e. The van der Waals surface area contributed by atoms with E-state index >= 15 is 0 Å². The van der Waals surface area contributed by atoms with Gasteiger partial charge in [0.2, 0.25) is 5.91 Å². The monoisotopic (exact) mass is 315 g/mol. The van der Waals surface area contributed by atoms with Crippen molar-refractivity contribution in [1.29, 1.82) is 0 Å². The van der Waals surface area contributed by atoms with Crippen LogP contribution < -0.4 is 5.73 Å². The van der Waals surface area contributed by atoms with Gasteiger partial charge in [-0.25, -0.2) is 0 Å². The molecule has 0 saturated heterocycles. The molecule has 5 rings (SSSR count). The van der Waals surface area contributed by atoms with Crippen molar-refractivity contribution in [2.75, 3.05) is 12.0 Å². The van der Waals surface area contributed by atoms with Crippen LogP contribution in [-0.2, 0) is 10.2 Å². The van der Waals surface area contributed by atoms with Gasteiger partial charge in [0, 0.05) is 5.92 Å². The Balaban J connectivity index is 1.76. The summed E-state index contributed by atoms with van der Waals surface area (Å²) in [6, 6.07) is 11.0. The molecule has 2 N–H and O–H groups in total. The molecular weight excluding hydrogens is 290 g/mol. The Labute approximate surface area is 137 Å². The molecule has 4 bridgehead atoms. The number of carbonyl (C=O) groups excluding carboxylic acids is 1. The molecular formula is C19H25NOS. The van der Waals surface area contributed by atoms with Crippen LogP contribution in [-0.4, -0.2) is 17.9 Å². The fourth-order valence-corrected chi connectivity index (χ4v) is 7.35. The predicted octanol–water partition coefficient (Wildman–Crippen LogP) is 3.60. The second-order valence-corrected chi connectivity index (χ2v) is 8.89. The van der Waals surface area contributed by atoms with Gasteiger partial charge in [-0.2, -0.15) is 11.8 Å². The molecule has 2 nitrogen and oxygen atoms in total. The number of thioether (sulfide) groups is 1. The number of hydrogen-bond acceptors (Lipinski definition) is 2. The Morgan fingerprint density at radius 3 is 2.36 bits per heavy atom. The summed E-state index contributed by atoms with van der Waals surface area (Å²) in [7, 11) is 0. The van der Waals surface area contributed by atoms with E-state index in [0.717, 1.165) is 12.8 Å². The second kappa shape index (κ2) is 5.02. The van der Waals surface area contributed by atoms with Crippen LogP contribution in [0.5, 0.6) is 0 Å². The Morgan fingerprint density at radius 2 is 1.82 bits per heavy atom.